The average Bonchev–Trinajstić information content (AvgIpc) is 3.12. The fourth-order valence-electron chi connectivity index (χ4n) is 5.15. The van der Waals surface area contributed by atoms with Crippen LogP contribution in [-0.4, -0.2) is 29.1 Å². The van der Waals surface area contributed by atoms with Crippen LogP contribution < -0.4 is 0 Å². The van der Waals surface area contributed by atoms with E-state index in [9.17, 15) is 19.5 Å². The maximum absolute atomic E-state index is 12.8. The molecule has 1 saturated carbocycles. The molecule has 0 bridgehead atoms. The number of hydrogen-bond acceptors (Lipinski definition) is 6. The van der Waals surface area contributed by atoms with Crippen LogP contribution in [0.25, 0.3) is 0 Å². The van der Waals surface area contributed by atoms with Crippen LogP contribution in [0.1, 0.15) is 70.5 Å². The minimum Gasteiger partial charge on any atom is -0.481 e. The maximum atomic E-state index is 12.8. The molecule has 0 aliphatic heterocycles. The number of fused-ring (bicyclic) bond motifs is 2. The van der Waals surface area contributed by atoms with Crippen LogP contribution in [0.15, 0.2) is 34.0 Å². The van der Waals surface area contributed by atoms with Crippen molar-refractivity contribution in [2.45, 2.75) is 73.0 Å². The molecule has 5 atom stereocenters. The summed E-state index contributed by atoms with van der Waals surface area (Å²) in [6.45, 7) is 10.5. The van der Waals surface area contributed by atoms with Gasteiger partial charge in [0.15, 0.2) is 0 Å². The minimum atomic E-state index is -1.07. The van der Waals surface area contributed by atoms with Crippen LogP contribution in [0.3, 0.4) is 0 Å². The summed E-state index contributed by atoms with van der Waals surface area (Å²) in [6, 6.07) is 0. The second-order valence-corrected chi connectivity index (χ2v) is 9.09. The van der Waals surface area contributed by atoms with Gasteiger partial charge in [-0.1, -0.05) is 19.1 Å². The fraction of sp³-hybridized carbons (Fsp3) is 0.560. The van der Waals surface area contributed by atoms with E-state index in [-0.39, 0.29) is 5.92 Å². The number of ether oxygens (including phenoxy) is 2. The first-order chi connectivity index (χ1) is 15.1. The minimum absolute atomic E-state index is 0.108. The monoisotopic (exact) mass is 444 g/mol. The predicted molar refractivity (Wildman–Crippen MR) is 117 cm³/mol. The van der Waals surface area contributed by atoms with Gasteiger partial charge in [0.1, 0.15) is 23.9 Å². The normalized spacial score (nSPS) is 30.2. The summed E-state index contributed by atoms with van der Waals surface area (Å²) < 4.78 is 17.5. The molecule has 0 amide bonds. The molecule has 2 aliphatic rings. The predicted octanol–water partition coefficient (Wildman–Crippen LogP) is 4.69. The van der Waals surface area contributed by atoms with Crippen LogP contribution in [-0.2, 0) is 30.3 Å². The Morgan fingerprint density at radius 3 is 2.25 bits per heavy atom. The van der Waals surface area contributed by atoms with Crippen molar-refractivity contribution in [1.82, 2.24) is 0 Å². The first-order valence-corrected chi connectivity index (χ1v) is 11.0. The molecule has 7 nitrogen and oxygen atoms in total. The number of aliphatic carboxylic acids is 1. The average molecular weight is 445 g/mol. The molecule has 2 aliphatic carbocycles. The summed E-state index contributed by atoms with van der Waals surface area (Å²) in [7, 11) is 0. The van der Waals surface area contributed by atoms with E-state index in [2.05, 4.69) is 0 Å². The number of carbonyl (C=O) groups excluding carboxylic acids is 2. The lowest BCUT2D eigenvalue weighted by molar-refractivity contribution is -0.196. The Hall–Kier alpha value is -2.83. The van der Waals surface area contributed by atoms with Crippen molar-refractivity contribution in [1.29, 1.82) is 0 Å². The molecule has 1 aromatic heterocycles. The van der Waals surface area contributed by atoms with Gasteiger partial charge in [0.05, 0.1) is 6.26 Å². The van der Waals surface area contributed by atoms with Gasteiger partial charge < -0.3 is 19.0 Å². The first-order valence-electron chi connectivity index (χ1n) is 11.0. The summed E-state index contributed by atoms with van der Waals surface area (Å²) in [5.41, 5.74) is 1.41. The molecule has 1 N–H and O–H groups in total. The quantitative estimate of drug-likeness (QED) is 0.519. The summed E-state index contributed by atoms with van der Waals surface area (Å²) >= 11 is 0. The van der Waals surface area contributed by atoms with Gasteiger partial charge >= 0.3 is 17.9 Å². The van der Waals surface area contributed by atoms with Gasteiger partial charge in [-0.05, 0) is 58.9 Å². The van der Waals surface area contributed by atoms with Crippen LogP contribution in [0.4, 0.5) is 0 Å². The number of carboxylic acids is 1. The van der Waals surface area contributed by atoms with Crippen molar-refractivity contribution in [2.75, 3.05) is 0 Å². The summed E-state index contributed by atoms with van der Waals surface area (Å²) in [5, 5.41) is 10.3. The highest BCUT2D eigenvalue weighted by Crippen LogP contribution is 2.60. The number of hydrogen-bond donors (Lipinski definition) is 1. The second-order valence-electron chi connectivity index (χ2n) is 9.09. The highest BCUT2D eigenvalue weighted by atomic mass is 16.6. The van der Waals surface area contributed by atoms with Crippen molar-refractivity contribution in [2.24, 2.45) is 17.3 Å². The highest BCUT2D eigenvalue weighted by Gasteiger charge is 2.62. The molecule has 1 fully saturated rings. The number of carboxylic acid groups (broad SMARTS) is 1. The molecule has 32 heavy (non-hydrogen) atoms. The molecule has 1 heterocycles. The number of rotatable bonds is 5. The van der Waals surface area contributed by atoms with Crippen LogP contribution in [0.2, 0.25) is 0 Å². The van der Waals surface area contributed by atoms with Crippen LogP contribution >= 0.6 is 0 Å². The largest absolute Gasteiger partial charge is 0.481 e. The fourth-order valence-corrected chi connectivity index (χ4v) is 5.15. The van der Waals surface area contributed by atoms with E-state index in [0.717, 1.165) is 16.9 Å². The first kappa shape index (κ1) is 23.8. The van der Waals surface area contributed by atoms with Gasteiger partial charge in [-0.2, -0.15) is 0 Å². The van der Waals surface area contributed by atoms with E-state index in [0.29, 0.717) is 30.4 Å². The Morgan fingerprint density at radius 1 is 1.09 bits per heavy atom. The number of furan rings is 1. The molecule has 3 rings (SSSR count). The van der Waals surface area contributed by atoms with Gasteiger partial charge in [-0.25, -0.2) is 9.59 Å². The van der Waals surface area contributed by atoms with Crippen LogP contribution in [0.5, 0.6) is 0 Å². The molecule has 0 spiro atoms. The van der Waals surface area contributed by atoms with E-state index in [4.69, 9.17) is 13.9 Å². The highest BCUT2D eigenvalue weighted by molar-refractivity contribution is 5.88. The summed E-state index contributed by atoms with van der Waals surface area (Å²) in [5.74, 6) is -2.52. The lowest BCUT2D eigenvalue weighted by Crippen LogP contribution is -2.56. The van der Waals surface area contributed by atoms with E-state index in [1.807, 2.05) is 13.8 Å². The van der Waals surface area contributed by atoms with Gasteiger partial charge in [0, 0.05) is 28.5 Å². The summed E-state index contributed by atoms with van der Waals surface area (Å²) in [6.07, 6.45) is 4.86. The van der Waals surface area contributed by atoms with Crippen molar-refractivity contribution >= 4 is 17.9 Å². The molecular formula is C25H32O7. The van der Waals surface area contributed by atoms with Gasteiger partial charge in [0.25, 0.3) is 0 Å². The molecule has 0 aromatic carbocycles. The van der Waals surface area contributed by atoms with Crippen molar-refractivity contribution in [3.63, 3.8) is 0 Å². The Bertz CT molecular complexity index is 982. The standard InChI is InChI=1S/C25H32O7/c1-7-13(3)23(28)31-17-10-9-16-11-18-19(15(5)12-30-18)21(32-24(29)14(4)8-2)25(16,6)20(17)22(26)27/h7-8,12,16-17,20-21H,9-11H2,1-6H3,(H,26,27)/b13-7-,14-8-/t16-,17+,20-,21-,25-/m1/s1. The third-order valence-corrected chi connectivity index (χ3v) is 7.34. The number of esters is 2. The second kappa shape index (κ2) is 8.96. The molecule has 1 aromatic rings. The number of aryl methyl sites for hydroxylation is 1. The molecule has 0 unspecified atom stereocenters. The van der Waals surface area contributed by atoms with E-state index >= 15 is 0 Å². The maximum Gasteiger partial charge on any atom is 0.334 e. The van der Waals surface area contributed by atoms with Gasteiger partial charge in [0.2, 0.25) is 0 Å². The molecule has 174 valence electrons. The molecule has 0 saturated heterocycles. The number of allylic oxidation sites excluding steroid dienone is 2. The van der Waals surface area contributed by atoms with Gasteiger partial charge in [-0.3, -0.25) is 4.79 Å². The Morgan fingerprint density at radius 2 is 1.69 bits per heavy atom. The SMILES string of the molecule is C/C=C(/C)C(=O)O[C@H]1CC[C@@H]2Cc3occ(C)c3[C@@H](OC(=O)/C(C)=C\C)[C@@]2(C)[C@H]1C(=O)O. The van der Waals surface area contributed by atoms with Gasteiger partial charge in [-0.15, -0.1) is 0 Å². The lowest BCUT2D eigenvalue weighted by atomic mass is 9.53. The zero-order valence-electron chi connectivity index (χ0n) is 19.6. The molecule has 0 radical (unpaired) electrons. The Kier molecular flexibility index (Phi) is 6.67. The lowest BCUT2D eigenvalue weighted by Gasteiger charge is -2.53. The Labute approximate surface area is 188 Å². The smallest absolute Gasteiger partial charge is 0.334 e. The molecular weight excluding hydrogens is 412 g/mol. The van der Waals surface area contributed by atoms with Crippen LogP contribution in [0, 0.1) is 24.2 Å². The van der Waals surface area contributed by atoms with E-state index in [1.54, 1.807) is 46.1 Å². The zero-order chi connectivity index (χ0) is 23.8. The third-order valence-electron chi connectivity index (χ3n) is 7.34. The zero-order valence-corrected chi connectivity index (χ0v) is 19.6. The van der Waals surface area contributed by atoms with E-state index in [1.165, 1.54) is 0 Å². The third kappa shape index (κ3) is 3.89. The van der Waals surface area contributed by atoms with E-state index < -0.39 is 41.4 Å². The Balaban J connectivity index is 2.10. The van der Waals surface area contributed by atoms with Crippen molar-refractivity contribution in [3.8, 4) is 0 Å². The number of carbonyl (C=O) groups is 3. The molecule has 7 heteroatoms. The summed E-state index contributed by atoms with van der Waals surface area (Å²) in [4.78, 5) is 37.9. The topological polar surface area (TPSA) is 103 Å². The van der Waals surface area contributed by atoms with Crippen molar-refractivity contribution in [3.05, 3.63) is 46.4 Å². The van der Waals surface area contributed by atoms with Crippen molar-refractivity contribution < 1.29 is 33.4 Å².